The molecule has 4 nitrogen and oxygen atoms in total. The van der Waals surface area contributed by atoms with Crippen molar-refractivity contribution in [1.82, 2.24) is 5.32 Å². The number of methoxy groups -OCH3 is 1. The van der Waals surface area contributed by atoms with Gasteiger partial charge in [-0.15, -0.1) is 0 Å². The molecule has 116 valence electrons. The molecule has 1 aromatic rings. The van der Waals surface area contributed by atoms with Gasteiger partial charge >= 0.3 is 0 Å². The number of ether oxygens (including phenoxy) is 3. The summed E-state index contributed by atoms with van der Waals surface area (Å²) in [7, 11) is 1.67. The van der Waals surface area contributed by atoms with Gasteiger partial charge in [0.2, 0.25) is 0 Å². The Labute approximate surface area is 126 Å². The lowest BCUT2D eigenvalue weighted by molar-refractivity contribution is 0.128. The Kier molecular flexibility index (Phi) is 4.66. The molecule has 0 spiro atoms. The van der Waals surface area contributed by atoms with Gasteiger partial charge in [-0.3, -0.25) is 0 Å². The Hall–Kier alpha value is -1.26. The fourth-order valence-corrected chi connectivity index (χ4v) is 2.84. The molecule has 0 radical (unpaired) electrons. The van der Waals surface area contributed by atoms with Crippen LogP contribution in [0.2, 0.25) is 0 Å². The second kappa shape index (κ2) is 6.67. The smallest absolute Gasteiger partial charge is 0.161 e. The second-order valence-corrected chi connectivity index (χ2v) is 6.21. The summed E-state index contributed by atoms with van der Waals surface area (Å²) in [4.78, 5) is 0. The first-order valence-corrected chi connectivity index (χ1v) is 7.88. The normalized spacial score (nSPS) is 25.0. The van der Waals surface area contributed by atoms with Gasteiger partial charge in [0.1, 0.15) is 0 Å². The van der Waals surface area contributed by atoms with Crippen LogP contribution in [-0.4, -0.2) is 39.5 Å². The Morgan fingerprint density at radius 2 is 2.10 bits per heavy atom. The molecule has 2 aliphatic rings. The summed E-state index contributed by atoms with van der Waals surface area (Å²) < 4.78 is 16.9. The van der Waals surface area contributed by atoms with Gasteiger partial charge in [-0.2, -0.15) is 0 Å². The molecule has 1 unspecified atom stereocenters. The molecule has 1 aromatic carbocycles. The minimum atomic E-state index is 0.241. The van der Waals surface area contributed by atoms with Crippen LogP contribution >= 0.6 is 0 Å². The van der Waals surface area contributed by atoms with Crippen molar-refractivity contribution in [3.8, 4) is 11.5 Å². The summed E-state index contributed by atoms with van der Waals surface area (Å²) >= 11 is 0. The third-order valence-electron chi connectivity index (χ3n) is 4.49. The Bertz CT molecular complexity index is 453. The molecule has 1 aliphatic carbocycles. The minimum Gasteiger partial charge on any atom is -0.493 e. The van der Waals surface area contributed by atoms with Crippen molar-refractivity contribution in [3.05, 3.63) is 24.3 Å². The minimum absolute atomic E-state index is 0.241. The molecule has 4 heteroatoms. The van der Waals surface area contributed by atoms with E-state index in [1.807, 2.05) is 24.3 Å². The molecule has 21 heavy (non-hydrogen) atoms. The molecule has 0 amide bonds. The van der Waals surface area contributed by atoms with Gasteiger partial charge in [0, 0.05) is 24.6 Å². The molecule has 3 rings (SSSR count). The Morgan fingerprint density at radius 1 is 1.29 bits per heavy atom. The molecule has 1 atom stereocenters. The zero-order valence-electron chi connectivity index (χ0n) is 12.8. The summed E-state index contributed by atoms with van der Waals surface area (Å²) in [5, 5.41) is 3.65. The Balaban J connectivity index is 1.51. The van der Waals surface area contributed by atoms with Gasteiger partial charge in [0.25, 0.3) is 0 Å². The van der Waals surface area contributed by atoms with E-state index in [0.717, 1.165) is 50.1 Å². The van der Waals surface area contributed by atoms with Gasteiger partial charge in [-0.05, 0) is 37.8 Å². The van der Waals surface area contributed by atoms with E-state index in [1.54, 1.807) is 7.11 Å². The lowest BCUT2D eigenvalue weighted by atomic mass is 9.84. The first-order valence-electron chi connectivity index (χ1n) is 7.88. The number of para-hydroxylation sites is 2. The van der Waals surface area contributed by atoms with E-state index in [0.29, 0.717) is 6.61 Å². The predicted molar refractivity (Wildman–Crippen MR) is 82.0 cm³/mol. The number of benzene rings is 1. The van der Waals surface area contributed by atoms with Crippen LogP contribution in [0.4, 0.5) is 0 Å². The Morgan fingerprint density at radius 3 is 2.76 bits per heavy atom. The number of hydrogen-bond acceptors (Lipinski definition) is 4. The summed E-state index contributed by atoms with van der Waals surface area (Å²) in [5.41, 5.74) is 0.241. The molecule has 0 bridgehead atoms. The van der Waals surface area contributed by atoms with E-state index in [9.17, 15) is 0 Å². The average Bonchev–Trinajstić information content (AvgIpc) is 3.24. The van der Waals surface area contributed by atoms with E-state index < -0.39 is 0 Å². The van der Waals surface area contributed by atoms with Gasteiger partial charge in [-0.1, -0.05) is 12.1 Å². The average molecular weight is 291 g/mol. The molecule has 2 fully saturated rings. The highest BCUT2D eigenvalue weighted by molar-refractivity contribution is 5.39. The van der Waals surface area contributed by atoms with Crippen molar-refractivity contribution in [2.75, 3.05) is 33.5 Å². The van der Waals surface area contributed by atoms with Crippen molar-refractivity contribution in [2.45, 2.75) is 31.7 Å². The molecular formula is C17H25NO3. The lowest BCUT2D eigenvalue weighted by Crippen LogP contribution is -2.37. The van der Waals surface area contributed by atoms with Crippen LogP contribution in [0.5, 0.6) is 11.5 Å². The zero-order valence-corrected chi connectivity index (χ0v) is 12.8. The summed E-state index contributed by atoms with van der Waals surface area (Å²) in [6, 6.07) is 8.56. The predicted octanol–water partition coefficient (Wildman–Crippen LogP) is 2.62. The fourth-order valence-electron chi connectivity index (χ4n) is 2.84. The molecule has 0 aromatic heterocycles. The maximum atomic E-state index is 5.93. The molecule has 1 saturated heterocycles. The van der Waals surface area contributed by atoms with Gasteiger partial charge in [0.05, 0.1) is 20.3 Å². The van der Waals surface area contributed by atoms with Crippen LogP contribution in [0.1, 0.15) is 25.7 Å². The van der Waals surface area contributed by atoms with Crippen molar-refractivity contribution >= 4 is 0 Å². The van der Waals surface area contributed by atoms with Crippen LogP contribution in [0, 0.1) is 5.41 Å². The molecule has 1 aliphatic heterocycles. The van der Waals surface area contributed by atoms with Gasteiger partial charge < -0.3 is 19.5 Å². The monoisotopic (exact) mass is 291 g/mol. The van der Waals surface area contributed by atoms with Gasteiger partial charge in [-0.25, -0.2) is 0 Å². The summed E-state index contributed by atoms with van der Waals surface area (Å²) in [6.45, 7) is 3.48. The molecule has 1 N–H and O–H groups in total. The van der Waals surface area contributed by atoms with Crippen molar-refractivity contribution in [3.63, 3.8) is 0 Å². The number of nitrogens with one attached hydrogen (secondary N) is 1. The fraction of sp³-hybridized carbons (Fsp3) is 0.647. The van der Waals surface area contributed by atoms with E-state index >= 15 is 0 Å². The second-order valence-electron chi connectivity index (χ2n) is 6.21. The molecular weight excluding hydrogens is 266 g/mol. The highest BCUT2D eigenvalue weighted by Gasteiger charge is 2.36. The third-order valence-corrected chi connectivity index (χ3v) is 4.49. The summed E-state index contributed by atoms with van der Waals surface area (Å²) in [6.07, 6.45) is 4.80. The maximum Gasteiger partial charge on any atom is 0.161 e. The first kappa shape index (κ1) is 14.7. The largest absolute Gasteiger partial charge is 0.493 e. The van der Waals surface area contributed by atoms with Crippen LogP contribution < -0.4 is 14.8 Å². The summed E-state index contributed by atoms with van der Waals surface area (Å²) in [5.74, 6) is 1.62. The first-order chi connectivity index (χ1) is 10.3. The third kappa shape index (κ3) is 3.89. The standard InChI is InChI=1S/C17H25NO3/c1-19-15-4-2-3-5-16(15)21-11-9-17(8-10-20-13-17)12-18-14-6-7-14/h2-5,14,18H,6-13H2,1H3. The van der Waals surface area contributed by atoms with Crippen molar-refractivity contribution in [2.24, 2.45) is 5.41 Å². The van der Waals surface area contributed by atoms with Crippen molar-refractivity contribution in [1.29, 1.82) is 0 Å². The number of hydrogen-bond donors (Lipinski definition) is 1. The topological polar surface area (TPSA) is 39.7 Å². The quantitative estimate of drug-likeness (QED) is 0.799. The van der Waals surface area contributed by atoms with Crippen LogP contribution in [0.15, 0.2) is 24.3 Å². The van der Waals surface area contributed by atoms with Crippen LogP contribution in [0.25, 0.3) is 0 Å². The number of rotatable bonds is 8. The van der Waals surface area contributed by atoms with E-state index in [4.69, 9.17) is 14.2 Å². The van der Waals surface area contributed by atoms with Crippen molar-refractivity contribution < 1.29 is 14.2 Å². The molecule has 1 heterocycles. The van der Waals surface area contributed by atoms with E-state index in [2.05, 4.69) is 5.32 Å². The van der Waals surface area contributed by atoms with Gasteiger partial charge in [0.15, 0.2) is 11.5 Å². The maximum absolute atomic E-state index is 5.93. The van der Waals surface area contributed by atoms with E-state index in [1.165, 1.54) is 12.8 Å². The zero-order chi connectivity index (χ0) is 14.5. The lowest BCUT2D eigenvalue weighted by Gasteiger charge is -2.28. The van der Waals surface area contributed by atoms with Crippen LogP contribution in [0.3, 0.4) is 0 Å². The highest BCUT2D eigenvalue weighted by Crippen LogP contribution is 2.34. The SMILES string of the molecule is COc1ccccc1OCCC1(CNC2CC2)CCOC1. The highest BCUT2D eigenvalue weighted by atomic mass is 16.5. The van der Waals surface area contributed by atoms with Crippen LogP contribution in [-0.2, 0) is 4.74 Å². The molecule has 1 saturated carbocycles. The van der Waals surface area contributed by atoms with E-state index in [-0.39, 0.29) is 5.41 Å².